The molecule has 2 aromatic rings. The molecule has 0 amide bonds. The highest BCUT2D eigenvalue weighted by Crippen LogP contribution is 2.29. The number of benzene rings is 2. The molecule has 0 heterocycles. The first-order valence-corrected chi connectivity index (χ1v) is 9.73. The fourth-order valence-electron chi connectivity index (χ4n) is 2.47. The van der Waals surface area contributed by atoms with Gasteiger partial charge in [0.25, 0.3) is 0 Å². The number of likely N-dealkylation sites (N-methyl/N-ethyl adjacent to an activating group) is 1. The van der Waals surface area contributed by atoms with Crippen LogP contribution in [0.4, 0.5) is 0 Å². The van der Waals surface area contributed by atoms with Crippen molar-refractivity contribution < 1.29 is 4.74 Å². The quantitative estimate of drug-likeness (QED) is 0.432. The Kier molecular flexibility index (Phi) is 8.37. The van der Waals surface area contributed by atoms with Crippen molar-refractivity contribution in [2.75, 3.05) is 33.0 Å². The molecule has 0 aliphatic rings. The van der Waals surface area contributed by atoms with E-state index in [1.807, 2.05) is 11.8 Å². The van der Waals surface area contributed by atoms with Crippen molar-refractivity contribution in [1.29, 1.82) is 0 Å². The molecular weight excluding hydrogens is 314 g/mol. The Hall–Kier alpha value is -1.29. The Labute approximate surface area is 151 Å². The van der Waals surface area contributed by atoms with Crippen molar-refractivity contribution in [1.82, 2.24) is 4.90 Å². The molecule has 1 atom stereocenters. The smallest absolute Gasteiger partial charge is 0.108 e. The van der Waals surface area contributed by atoms with Gasteiger partial charge in [-0.15, -0.1) is 11.8 Å². The molecular formula is C21H29NOS. The summed E-state index contributed by atoms with van der Waals surface area (Å²) in [7, 11) is 4.15. The van der Waals surface area contributed by atoms with Gasteiger partial charge in [0.1, 0.15) is 6.10 Å². The van der Waals surface area contributed by atoms with Crippen LogP contribution in [-0.2, 0) is 4.74 Å². The van der Waals surface area contributed by atoms with Crippen LogP contribution in [0.15, 0.2) is 59.5 Å². The number of unbranched alkanes of at least 4 members (excludes halogenated alkanes) is 1. The number of thioether (sulfide) groups is 1. The van der Waals surface area contributed by atoms with Gasteiger partial charge >= 0.3 is 0 Å². The molecule has 0 aliphatic heterocycles. The highest BCUT2D eigenvalue weighted by atomic mass is 32.2. The first kappa shape index (κ1) is 19.0. The second-order valence-corrected chi connectivity index (χ2v) is 7.41. The van der Waals surface area contributed by atoms with Gasteiger partial charge in [-0.1, -0.05) is 55.8 Å². The summed E-state index contributed by atoms with van der Waals surface area (Å²) in [5, 5.41) is 0. The van der Waals surface area contributed by atoms with E-state index >= 15 is 0 Å². The van der Waals surface area contributed by atoms with E-state index in [2.05, 4.69) is 80.5 Å². The SMILES string of the molecule is CCCCSc1cccc(C(OCCN(C)C)c2ccccc2)c1. The zero-order valence-corrected chi connectivity index (χ0v) is 15.9. The summed E-state index contributed by atoms with van der Waals surface area (Å²) in [6, 6.07) is 19.3. The van der Waals surface area contributed by atoms with Gasteiger partial charge in [0.15, 0.2) is 0 Å². The Balaban J connectivity index is 2.15. The minimum absolute atomic E-state index is 0.00197. The van der Waals surface area contributed by atoms with Crippen LogP contribution in [0.5, 0.6) is 0 Å². The maximum absolute atomic E-state index is 6.25. The number of nitrogens with zero attached hydrogens (tertiary/aromatic N) is 1. The lowest BCUT2D eigenvalue weighted by atomic mass is 10.0. The van der Waals surface area contributed by atoms with E-state index in [1.54, 1.807) is 0 Å². The average Bonchev–Trinajstić information content (AvgIpc) is 2.60. The van der Waals surface area contributed by atoms with Gasteiger partial charge < -0.3 is 9.64 Å². The Bertz CT molecular complexity index is 585. The Morgan fingerprint density at radius 1 is 1.00 bits per heavy atom. The summed E-state index contributed by atoms with van der Waals surface area (Å²) in [4.78, 5) is 3.48. The lowest BCUT2D eigenvalue weighted by Gasteiger charge is -2.21. The molecule has 0 radical (unpaired) electrons. The van der Waals surface area contributed by atoms with Gasteiger partial charge in [-0.3, -0.25) is 0 Å². The topological polar surface area (TPSA) is 12.5 Å². The lowest BCUT2D eigenvalue weighted by molar-refractivity contribution is 0.0686. The highest BCUT2D eigenvalue weighted by Gasteiger charge is 2.15. The second-order valence-electron chi connectivity index (χ2n) is 6.24. The third-order valence-electron chi connectivity index (χ3n) is 3.85. The molecule has 3 heteroatoms. The number of hydrogen-bond acceptors (Lipinski definition) is 3. The summed E-state index contributed by atoms with van der Waals surface area (Å²) in [6.45, 7) is 3.88. The van der Waals surface area contributed by atoms with Crippen LogP contribution in [-0.4, -0.2) is 37.9 Å². The van der Waals surface area contributed by atoms with E-state index in [9.17, 15) is 0 Å². The molecule has 0 fully saturated rings. The van der Waals surface area contributed by atoms with E-state index in [-0.39, 0.29) is 6.10 Å². The van der Waals surface area contributed by atoms with Crippen molar-refractivity contribution in [2.24, 2.45) is 0 Å². The van der Waals surface area contributed by atoms with Crippen LogP contribution in [0.2, 0.25) is 0 Å². The van der Waals surface area contributed by atoms with Crippen LogP contribution in [0.3, 0.4) is 0 Å². The molecule has 2 nitrogen and oxygen atoms in total. The average molecular weight is 344 g/mol. The zero-order chi connectivity index (χ0) is 17.2. The molecule has 2 rings (SSSR count). The third-order valence-corrected chi connectivity index (χ3v) is 4.93. The number of hydrogen-bond donors (Lipinski definition) is 0. The zero-order valence-electron chi connectivity index (χ0n) is 15.1. The molecule has 0 saturated carbocycles. The molecule has 0 saturated heterocycles. The molecule has 0 spiro atoms. The third kappa shape index (κ3) is 6.31. The molecule has 0 aliphatic carbocycles. The fourth-order valence-corrected chi connectivity index (χ4v) is 3.53. The van der Waals surface area contributed by atoms with Crippen molar-refractivity contribution in [3.05, 3.63) is 65.7 Å². The van der Waals surface area contributed by atoms with Gasteiger partial charge in [0, 0.05) is 11.4 Å². The maximum Gasteiger partial charge on any atom is 0.108 e. The van der Waals surface area contributed by atoms with Crippen molar-refractivity contribution in [3.8, 4) is 0 Å². The molecule has 0 N–H and O–H groups in total. The summed E-state index contributed by atoms with van der Waals surface area (Å²) in [5.41, 5.74) is 2.45. The van der Waals surface area contributed by atoms with Gasteiger partial charge in [-0.25, -0.2) is 0 Å². The molecule has 0 bridgehead atoms. The maximum atomic E-state index is 6.25. The van der Waals surface area contributed by atoms with E-state index in [0.717, 1.165) is 13.2 Å². The number of ether oxygens (including phenoxy) is 1. The second kappa shape index (κ2) is 10.5. The standard InChI is InChI=1S/C21H29NOS/c1-4-5-16-24-20-13-9-12-19(17-20)21(23-15-14-22(2)3)18-10-7-6-8-11-18/h6-13,17,21H,4-5,14-16H2,1-3H3. The molecule has 130 valence electrons. The Morgan fingerprint density at radius 2 is 1.75 bits per heavy atom. The van der Waals surface area contributed by atoms with Crippen LogP contribution in [0.25, 0.3) is 0 Å². The van der Waals surface area contributed by atoms with Crippen LogP contribution < -0.4 is 0 Å². The van der Waals surface area contributed by atoms with Crippen molar-refractivity contribution in [2.45, 2.75) is 30.8 Å². The molecule has 2 aromatic carbocycles. The van der Waals surface area contributed by atoms with Gasteiger partial charge in [-0.2, -0.15) is 0 Å². The Morgan fingerprint density at radius 3 is 2.46 bits per heavy atom. The van der Waals surface area contributed by atoms with E-state index in [1.165, 1.54) is 34.6 Å². The van der Waals surface area contributed by atoms with Gasteiger partial charge in [-0.05, 0) is 49.5 Å². The van der Waals surface area contributed by atoms with Crippen molar-refractivity contribution in [3.63, 3.8) is 0 Å². The predicted molar refractivity (Wildman–Crippen MR) is 105 cm³/mol. The first-order valence-electron chi connectivity index (χ1n) is 8.74. The number of rotatable bonds is 10. The summed E-state index contributed by atoms with van der Waals surface area (Å²) in [6.07, 6.45) is 2.50. The van der Waals surface area contributed by atoms with Gasteiger partial charge in [0.2, 0.25) is 0 Å². The minimum Gasteiger partial charge on any atom is -0.367 e. The van der Waals surface area contributed by atoms with Crippen LogP contribution in [0.1, 0.15) is 37.0 Å². The first-order chi connectivity index (χ1) is 11.7. The largest absolute Gasteiger partial charge is 0.367 e. The van der Waals surface area contributed by atoms with E-state index in [0.29, 0.717) is 0 Å². The fraction of sp³-hybridized carbons (Fsp3) is 0.429. The van der Waals surface area contributed by atoms with Gasteiger partial charge in [0.05, 0.1) is 6.61 Å². The minimum atomic E-state index is -0.00197. The van der Waals surface area contributed by atoms with E-state index in [4.69, 9.17) is 4.74 Å². The normalized spacial score (nSPS) is 12.5. The van der Waals surface area contributed by atoms with Crippen LogP contribution >= 0.6 is 11.8 Å². The monoisotopic (exact) mass is 343 g/mol. The predicted octanol–water partition coefficient (Wildman–Crippen LogP) is 5.25. The van der Waals surface area contributed by atoms with Crippen LogP contribution in [0, 0.1) is 0 Å². The van der Waals surface area contributed by atoms with Crippen molar-refractivity contribution >= 4 is 11.8 Å². The molecule has 1 unspecified atom stereocenters. The molecule has 24 heavy (non-hydrogen) atoms. The summed E-state index contributed by atoms with van der Waals surface area (Å²) in [5.74, 6) is 1.18. The molecule has 0 aromatic heterocycles. The lowest BCUT2D eigenvalue weighted by Crippen LogP contribution is -2.20. The summed E-state index contributed by atoms with van der Waals surface area (Å²) < 4.78 is 6.25. The van der Waals surface area contributed by atoms with E-state index < -0.39 is 0 Å². The highest BCUT2D eigenvalue weighted by molar-refractivity contribution is 7.99. The summed E-state index contributed by atoms with van der Waals surface area (Å²) >= 11 is 1.94.